The number of aryl methyl sites for hydroxylation is 6. The molecule has 3 aromatic heterocycles. The van der Waals surface area contributed by atoms with Crippen LogP contribution < -0.4 is 16.4 Å². The number of hydrogen-bond acceptors (Lipinski definition) is 2. The highest BCUT2D eigenvalue weighted by atomic mass is 32.1. The molecule has 0 aliphatic carbocycles. The van der Waals surface area contributed by atoms with Crippen LogP contribution in [0.25, 0.3) is 58.9 Å². The Bertz CT molecular complexity index is 2680. The monoisotopic (exact) mass is 648 g/mol. The molecule has 0 unspecified atom stereocenters. The lowest BCUT2D eigenvalue weighted by molar-refractivity contribution is 1.25. The Morgan fingerprint density at radius 1 is 0.571 bits per heavy atom. The van der Waals surface area contributed by atoms with E-state index in [1.807, 2.05) is 11.3 Å². The third kappa shape index (κ3) is 4.65. The van der Waals surface area contributed by atoms with Crippen LogP contribution in [0, 0.1) is 41.5 Å². The summed E-state index contributed by atoms with van der Waals surface area (Å²) in [4.78, 5) is 5.40. The Morgan fingerprint density at radius 2 is 1.16 bits per heavy atom. The van der Waals surface area contributed by atoms with Gasteiger partial charge in [-0.1, -0.05) is 147 Å². The third-order valence-electron chi connectivity index (χ3n) is 10.5. The molecular weight excluding hydrogens is 611 g/mol. The molecular formula is C45H37BN2S. The molecule has 0 radical (unpaired) electrons. The molecule has 0 saturated carbocycles. The zero-order valence-corrected chi connectivity index (χ0v) is 29.7. The molecule has 0 saturated heterocycles. The second-order valence-electron chi connectivity index (χ2n) is 14.0. The van der Waals surface area contributed by atoms with E-state index < -0.39 is 0 Å². The summed E-state index contributed by atoms with van der Waals surface area (Å²) in [5.41, 5.74) is 17.7. The first kappa shape index (κ1) is 29.9. The van der Waals surface area contributed by atoms with Gasteiger partial charge >= 0.3 is 0 Å². The molecule has 0 fully saturated rings. The van der Waals surface area contributed by atoms with E-state index in [4.69, 9.17) is 4.98 Å². The predicted octanol–water partition coefficient (Wildman–Crippen LogP) is 10.0. The quantitative estimate of drug-likeness (QED) is 0.174. The summed E-state index contributed by atoms with van der Waals surface area (Å²) in [5, 5.41) is 4.96. The number of benzene rings is 6. The van der Waals surface area contributed by atoms with E-state index in [1.165, 1.54) is 86.3 Å². The highest BCUT2D eigenvalue weighted by molar-refractivity contribution is 7.26. The molecule has 2 nitrogen and oxygen atoms in total. The van der Waals surface area contributed by atoms with Gasteiger partial charge in [-0.15, -0.1) is 11.3 Å². The van der Waals surface area contributed by atoms with Gasteiger partial charge < -0.3 is 0 Å². The predicted molar refractivity (Wildman–Crippen MR) is 214 cm³/mol. The van der Waals surface area contributed by atoms with E-state index in [0.29, 0.717) is 0 Å². The first-order chi connectivity index (χ1) is 23.8. The van der Waals surface area contributed by atoms with Crippen molar-refractivity contribution in [3.05, 3.63) is 149 Å². The van der Waals surface area contributed by atoms with Gasteiger partial charge in [0.25, 0.3) is 0 Å². The van der Waals surface area contributed by atoms with Gasteiger partial charge in [-0.05, 0) is 70.7 Å². The molecule has 0 spiro atoms. The van der Waals surface area contributed by atoms with Crippen LogP contribution in [-0.4, -0.2) is 16.1 Å². The molecule has 3 heterocycles. The highest BCUT2D eigenvalue weighted by Gasteiger charge is 2.28. The standard InChI is InChI=1S/C45H37BN2S/c1-26-21-28(3)41(29(4)22-26)46(42-30(5)23-27(2)24-31(42)6)34-18-15-33(16-19-34)39-25-37-36-13-9-10-14-40(36)49-44(37)45-47-43-35-12-8-7-11-32(35)17-20-38(43)48(39)45/h7-25H,1-6H3. The summed E-state index contributed by atoms with van der Waals surface area (Å²) in [5.74, 6) is 0. The van der Waals surface area contributed by atoms with Crippen molar-refractivity contribution in [1.82, 2.24) is 9.38 Å². The zero-order chi connectivity index (χ0) is 33.6. The van der Waals surface area contributed by atoms with Gasteiger partial charge in [-0.3, -0.25) is 4.40 Å². The fourth-order valence-electron chi connectivity index (χ4n) is 8.61. The van der Waals surface area contributed by atoms with Crippen molar-refractivity contribution >= 4 is 82.1 Å². The highest BCUT2D eigenvalue weighted by Crippen LogP contribution is 2.41. The van der Waals surface area contributed by atoms with Gasteiger partial charge in [-0.2, -0.15) is 0 Å². The van der Waals surface area contributed by atoms with Gasteiger partial charge in [0.15, 0.2) is 5.65 Å². The smallest absolute Gasteiger partial charge is 0.242 e. The Balaban J connectivity index is 1.31. The van der Waals surface area contributed by atoms with Gasteiger partial charge in [0.05, 0.1) is 21.4 Å². The lowest BCUT2D eigenvalue weighted by atomic mass is 9.34. The van der Waals surface area contributed by atoms with Crippen LogP contribution in [0.1, 0.15) is 33.4 Å². The first-order valence-corrected chi connectivity index (χ1v) is 18.0. The Hall–Kier alpha value is -5.19. The maximum absolute atomic E-state index is 5.40. The number of pyridine rings is 1. The van der Waals surface area contributed by atoms with E-state index in [2.05, 4.69) is 161 Å². The van der Waals surface area contributed by atoms with E-state index in [9.17, 15) is 0 Å². The summed E-state index contributed by atoms with van der Waals surface area (Å²) in [6.07, 6.45) is 0. The molecule has 0 atom stereocenters. The summed E-state index contributed by atoms with van der Waals surface area (Å²) in [6.45, 7) is 13.7. The zero-order valence-electron chi connectivity index (χ0n) is 28.8. The van der Waals surface area contributed by atoms with Crippen LogP contribution in [0.5, 0.6) is 0 Å². The lowest BCUT2D eigenvalue weighted by Gasteiger charge is -2.25. The van der Waals surface area contributed by atoms with Gasteiger partial charge in [-0.25, -0.2) is 4.98 Å². The van der Waals surface area contributed by atoms with E-state index in [1.54, 1.807) is 0 Å². The molecule has 0 amide bonds. The lowest BCUT2D eigenvalue weighted by Crippen LogP contribution is -2.55. The SMILES string of the molecule is Cc1cc(C)c(B(c2ccc(-c3cc4c5ccccc5sc4c4nc5c6ccccc6ccc5n34)cc2)c2c(C)cc(C)cc2C)c(C)c1. The average Bonchev–Trinajstić information content (AvgIpc) is 3.66. The summed E-state index contributed by atoms with van der Waals surface area (Å²) in [6, 6.07) is 43.0. The second kappa shape index (κ2) is 11.2. The van der Waals surface area contributed by atoms with Crippen molar-refractivity contribution in [2.45, 2.75) is 41.5 Å². The van der Waals surface area contributed by atoms with Crippen molar-refractivity contribution in [3.8, 4) is 11.3 Å². The maximum atomic E-state index is 5.40. The van der Waals surface area contributed by atoms with Gasteiger partial charge in [0.1, 0.15) is 0 Å². The molecule has 0 aliphatic rings. The van der Waals surface area contributed by atoms with Crippen LogP contribution in [-0.2, 0) is 0 Å². The summed E-state index contributed by atoms with van der Waals surface area (Å²) < 4.78 is 4.92. The molecule has 9 aromatic rings. The fraction of sp³-hybridized carbons (Fsp3) is 0.133. The Morgan fingerprint density at radius 3 is 1.82 bits per heavy atom. The average molecular weight is 649 g/mol. The van der Waals surface area contributed by atoms with E-state index in [0.717, 1.165) is 22.4 Å². The summed E-state index contributed by atoms with van der Waals surface area (Å²) >= 11 is 1.84. The third-order valence-corrected chi connectivity index (χ3v) is 11.7. The number of thiophene rings is 1. The second-order valence-corrected chi connectivity index (χ2v) is 15.0. The molecule has 0 aliphatic heterocycles. The van der Waals surface area contributed by atoms with Crippen molar-refractivity contribution in [1.29, 1.82) is 0 Å². The van der Waals surface area contributed by atoms with E-state index >= 15 is 0 Å². The topological polar surface area (TPSA) is 17.3 Å². The van der Waals surface area contributed by atoms with Crippen molar-refractivity contribution in [2.24, 2.45) is 0 Å². The molecule has 0 bridgehead atoms. The fourth-order valence-corrected chi connectivity index (χ4v) is 9.77. The molecule has 236 valence electrons. The van der Waals surface area contributed by atoms with Crippen molar-refractivity contribution < 1.29 is 0 Å². The number of nitrogens with zero attached hydrogens (tertiary/aromatic N) is 2. The van der Waals surface area contributed by atoms with Crippen LogP contribution in [0.15, 0.2) is 115 Å². The van der Waals surface area contributed by atoms with Crippen LogP contribution in [0.3, 0.4) is 0 Å². The Labute approximate surface area is 291 Å². The van der Waals surface area contributed by atoms with E-state index in [-0.39, 0.29) is 6.71 Å². The van der Waals surface area contributed by atoms with Crippen LogP contribution in [0.2, 0.25) is 0 Å². The Kier molecular flexibility index (Phi) is 6.83. The minimum absolute atomic E-state index is 0.138. The molecule has 4 heteroatoms. The molecule has 0 N–H and O–H groups in total. The van der Waals surface area contributed by atoms with Crippen LogP contribution in [0.4, 0.5) is 0 Å². The molecule has 49 heavy (non-hydrogen) atoms. The van der Waals surface area contributed by atoms with Crippen LogP contribution >= 0.6 is 11.3 Å². The largest absolute Gasteiger partial charge is 0.291 e. The van der Waals surface area contributed by atoms with Crippen molar-refractivity contribution in [3.63, 3.8) is 0 Å². The minimum atomic E-state index is 0.138. The molecule has 6 aromatic carbocycles. The van der Waals surface area contributed by atoms with Gasteiger partial charge in [0, 0.05) is 20.9 Å². The van der Waals surface area contributed by atoms with Gasteiger partial charge in [0.2, 0.25) is 6.71 Å². The maximum Gasteiger partial charge on any atom is 0.242 e. The summed E-state index contributed by atoms with van der Waals surface area (Å²) in [7, 11) is 0. The number of hydrogen-bond donors (Lipinski definition) is 0. The first-order valence-electron chi connectivity index (χ1n) is 17.2. The molecule has 9 rings (SSSR count). The number of fused-ring (bicyclic) bond motifs is 9. The number of aromatic nitrogens is 2. The minimum Gasteiger partial charge on any atom is -0.291 e. The number of imidazole rings is 1. The van der Waals surface area contributed by atoms with Crippen molar-refractivity contribution in [2.75, 3.05) is 0 Å². The normalized spacial score (nSPS) is 11.9. The number of rotatable bonds is 4.